The molecule has 0 bridgehead atoms. The van der Waals surface area contributed by atoms with Crippen molar-refractivity contribution in [3.63, 3.8) is 0 Å². The molecule has 5 heteroatoms. The lowest BCUT2D eigenvalue weighted by Gasteiger charge is -2.19. The topological polar surface area (TPSA) is 74.8 Å². The number of carbonyl (C=O) groups is 1. The lowest BCUT2D eigenvalue weighted by Crippen LogP contribution is -2.14. The predicted molar refractivity (Wildman–Crippen MR) is 143 cm³/mol. The molecule has 5 nitrogen and oxygen atoms in total. The molecule has 0 amide bonds. The van der Waals surface area contributed by atoms with Gasteiger partial charge in [-0.05, 0) is 30.7 Å². The van der Waals surface area contributed by atoms with E-state index in [0.29, 0.717) is 23.1 Å². The number of phenols is 1. The first-order valence-corrected chi connectivity index (χ1v) is 11.9. The molecule has 1 aliphatic heterocycles. The molecule has 0 saturated carbocycles. The largest absolute Gasteiger partial charge is 0.507 e. The summed E-state index contributed by atoms with van der Waals surface area (Å²) >= 11 is 0. The van der Waals surface area contributed by atoms with Crippen LogP contribution in [0.4, 0.5) is 11.4 Å². The summed E-state index contributed by atoms with van der Waals surface area (Å²) in [5.74, 6) is 0.170. The number of aliphatic imine (C=N–C) groups is 1. The molecule has 6 rings (SSSR count). The number of hydrogen-bond acceptors (Lipinski definition) is 5. The summed E-state index contributed by atoms with van der Waals surface area (Å²) in [7, 11) is 0. The molecule has 0 saturated heterocycles. The Morgan fingerprint density at radius 1 is 0.944 bits per heavy atom. The fourth-order valence-electron chi connectivity index (χ4n) is 4.80. The van der Waals surface area contributed by atoms with Crippen LogP contribution < -0.4 is 5.32 Å². The number of nitrogens with one attached hydrogen (secondary N) is 1. The van der Waals surface area contributed by atoms with Gasteiger partial charge in [0, 0.05) is 34.6 Å². The third kappa shape index (κ3) is 3.85. The van der Waals surface area contributed by atoms with Crippen molar-refractivity contribution in [3.8, 4) is 5.75 Å². The van der Waals surface area contributed by atoms with Gasteiger partial charge in [0.15, 0.2) is 5.76 Å². The first-order valence-electron chi connectivity index (χ1n) is 11.9. The Morgan fingerprint density at radius 3 is 2.42 bits per heavy atom. The average Bonchev–Trinajstić information content (AvgIpc) is 3.10. The molecule has 0 spiro atoms. The Kier molecular flexibility index (Phi) is 5.38. The molecule has 1 atom stereocenters. The zero-order valence-electron chi connectivity index (χ0n) is 19.7. The molecule has 5 aromatic rings. The number of benzene rings is 4. The van der Waals surface area contributed by atoms with Crippen LogP contribution in [0.1, 0.15) is 45.3 Å². The summed E-state index contributed by atoms with van der Waals surface area (Å²) in [5.41, 5.74) is 6.06. The van der Waals surface area contributed by atoms with Crippen molar-refractivity contribution in [3.05, 3.63) is 125 Å². The number of rotatable bonds is 4. The lowest BCUT2D eigenvalue weighted by molar-refractivity contribution is 0.101. The van der Waals surface area contributed by atoms with Gasteiger partial charge in [-0.1, -0.05) is 72.8 Å². The third-order valence-electron chi connectivity index (χ3n) is 6.70. The maximum Gasteiger partial charge on any atom is 0.228 e. The molecule has 1 unspecified atom stereocenters. The smallest absolute Gasteiger partial charge is 0.228 e. The minimum atomic E-state index is -0.181. The van der Waals surface area contributed by atoms with Gasteiger partial charge in [0.1, 0.15) is 11.3 Å². The summed E-state index contributed by atoms with van der Waals surface area (Å²) in [6.07, 6.45) is 0.574. The van der Waals surface area contributed by atoms with E-state index in [1.54, 1.807) is 18.2 Å². The molecule has 0 radical (unpaired) electrons. The van der Waals surface area contributed by atoms with E-state index in [-0.39, 0.29) is 23.3 Å². The maximum atomic E-state index is 13.1. The van der Waals surface area contributed by atoms with Crippen molar-refractivity contribution < 1.29 is 14.3 Å². The minimum absolute atomic E-state index is 0.0237. The van der Waals surface area contributed by atoms with Crippen LogP contribution in [0, 0.1) is 6.92 Å². The monoisotopic (exact) mass is 472 g/mol. The van der Waals surface area contributed by atoms with E-state index < -0.39 is 0 Å². The summed E-state index contributed by atoms with van der Waals surface area (Å²) < 4.78 is 5.95. The van der Waals surface area contributed by atoms with E-state index in [1.807, 2.05) is 73.7 Å². The quantitative estimate of drug-likeness (QED) is 0.268. The number of hydrogen-bond donors (Lipinski definition) is 2. The molecule has 1 aliphatic rings. The fourth-order valence-corrected chi connectivity index (χ4v) is 4.80. The first kappa shape index (κ1) is 21.9. The Balaban J connectivity index is 1.47. The Morgan fingerprint density at radius 2 is 1.64 bits per heavy atom. The molecule has 0 aliphatic carbocycles. The zero-order chi connectivity index (χ0) is 24.6. The lowest BCUT2D eigenvalue weighted by atomic mass is 9.95. The highest BCUT2D eigenvalue weighted by atomic mass is 16.3. The molecule has 4 aromatic carbocycles. The third-order valence-corrected chi connectivity index (χ3v) is 6.70. The van der Waals surface area contributed by atoms with Crippen LogP contribution in [0.2, 0.25) is 0 Å². The van der Waals surface area contributed by atoms with Gasteiger partial charge in [-0.25, -0.2) is 0 Å². The van der Waals surface area contributed by atoms with Gasteiger partial charge in [-0.2, -0.15) is 0 Å². The second-order valence-electron chi connectivity index (χ2n) is 9.00. The van der Waals surface area contributed by atoms with Crippen molar-refractivity contribution in [2.75, 3.05) is 5.32 Å². The Hall–Kier alpha value is -4.64. The van der Waals surface area contributed by atoms with E-state index in [0.717, 1.165) is 33.6 Å². The number of nitrogens with zero attached hydrogens (tertiary/aromatic N) is 1. The van der Waals surface area contributed by atoms with Gasteiger partial charge in [-0.15, -0.1) is 0 Å². The summed E-state index contributed by atoms with van der Waals surface area (Å²) in [4.78, 5) is 18.1. The van der Waals surface area contributed by atoms with Crippen molar-refractivity contribution in [1.29, 1.82) is 0 Å². The van der Waals surface area contributed by atoms with Crippen molar-refractivity contribution in [1.82, 2.24) is 0 Å². The van der Waals surface area contributed by atoms with Crippen LogP contribution in [0.3, 0.4) is 0 Å². The zero-order valence-corrected chi connectivity index (χ0v) is 19.7. The highest BCUT2D eigenvalue weighted by Gasteiger charge is 2.25. The van der Waals surface area contributed by atoms with Crippen molar-refractivity contribution in [2.45, 2.75) is 19.4 Å². The second-order valence-corrected chi connectivity index (χ2v) is 9.00. The number of carbonyl (C=O) groups excluding carboxylic acids is 1. The summed E-state index contributed by atoms with van der Waals surface area (Å²) in [6.45, 7) is 1.88. The Labute approximate surface area is 208 Å². The van der Waals surface area contributed by atoms with Gasteiger partial charge < -0.3 is 14.8 Å². The molecule has 176 valence electrons. The van der Waals surface area contributed by atoms with Gasteiger partial charge >= 0.3 is 0 Å². The summed E-state index contributed by atoms with van der Waals surface area (Å²) in [6, 6.07) is 30.7. The first-order chi connectivity index (χ1) is 17.6. The number of aromatic hydroxyl groups is 1. The van der Waals surface area contributed by atoms with Crippen LogP contribution in [-0.4, -0.2) is 16.6 Å². The predicted octanol–water partition coefficient (Wildman–Crippen LogP) is 7.36. The summed E-state index contributed by atoms with van der Waals surface area (Å²) in [5, 5.41) is 15.5. The van der Waals surface area contributed by atoms with E-state index in [2.05, 4.69) is 17.4 Å². The molecular weight excluding hydrogens is 448 g/mol. The van der Waals surface area contributed by atoms with Crippen LogP contribution >= 0.6 is 0 Å². The van der Waals surface area contributed by atoms with Gasteiger partial charge in [-0.3, -0.25) is 9.79 Å². The molecular formula is C31H24N2O3. The molecule has 2 heterocycles. The fraction of sp³-hybridized carbons (Fsp3) is 0.0968. The van der Waals surface area contributed by atoms with Crippen LogP contribution in [-0.2, 0) is 0 Å². The van der Waals surface area contributed by atoms with Crippen LogP contribution in [0.5, 0.6) is 5.75 Å². The number of ketones is 1. The molecule has 36 heavy (non-hydrogen) atoms. The standard InChI is InChI=1S/C31H24N2O3/c1-19-22-16-23(28(34)18-29(22)36-31(19)30(35)21-12-6-3-7-13-21)27-17-26(20-10-4-2-5-11-20)32-24-14-8-9-15-25(24)33-27/h2-16,18,26,32,34H,17H2,1H3. The Bertz CT molecular complexity index is 1620. The van der Waals surface area contributed by atoms with E-state index in [4.69, 9.17) is 9.41 Å². The average molecular weight is 473 g/mol. The van der Waals surface area contributed by atoms with Gasteiger partial charge in [0.2, 0.25) is 5.78 Å². The second kappa shape index (κ2) is 8.86. The highest BCUT2D eigenvalue weighted by Crippen LogP contribution is 2.39. The number of fused-ring (bicyclic) bond motifs is 2. The minimum Gasteiger partial charge on any atom is -0.507 e. The number of furan rings is 1. The number of para-hydroxylation sites is 2. The van der Waals surface area contributed by atoms with Crippen LogP contribution in [0.25, 0.3) is 11.0 Å². The SMILES string of the molecule is Cc1c(C(=O)c2ccccc2)oc2cc(O)c(C3=Nc4ccccc4NC(c4ccccc4)C3)cc12. The normalized spacial score (nSPS) is 15.0. The highest BCUT2D eigenvalue weighted by molar-refractivity contribution is 6.12. The van der Waals surface area contributed by atoms with E-state index in [1.165, 1.54) is 0 Å². The maximum absolute atomic E-state index is 13.1. The number of aryl methyl sites for hydroxylation is 1. The molecule has 0 fully saturated rings. The van der Waals surface area contributed by atoms with Crippen molar-refractivity contribution >= 4 is 33.8 Å². The number of phenolic OH excluding ortho intramolecular Hbond substituents is 1. The molecule has 1 aromatic heterocycles. The van der Waals surface area contributed by atoms with Gasteiger partial charge in [0.05, 0.1) is 23.1 Å². The van der Waals surface area contributed by atoms with E-state index >= 15 is 0 Å². The van der Waals surface area contributed by atoms with Gasteiger partial charge in [0.25, 0.3) is 0 Å². The molecule has 2 N–H and O–H groups in total. The van der Waals surface area contributed by atoms with E-state index in [9.17, 15) is 9.90 Å². The number of anilines is 1. The van der Waals surface area contributed by atoms with Crippen LogP contribution in [0.15, 0.2) is 106 Å². The van der Waals surface area contributed by atoms with Crippen molar-refractivity contribution in [2.24, 2.45) is 4.99 Å².